The summed E-state index contributed by atoms with van der Waals surface area (Å²) in [6.45, 7) is 0. The monoisotopic (exact) mass is 279 g/mol. The highest BCUT2D eigenvalue weighted by Crippen LogP contribution is 2.33. The van der Waals surface area contributed by atoms with Crippen LogP contribution in [-0.4, -0.2) is 31.2 Å². The van der Waals surface area contributed by atoms with E-state index in [1.807, 2.05) is 7.05 Å². The van der Waals surface area contributed by atoms with Gasteiger partial charge in [-0.25, -0.2) is 0 Å². The zero-order chi connectivity index (χ0) is 14.7. The van der Waals surface area contributed by atoms with Crippen LogP contribution in [0.5, 0.6) is 5.75 Å². The molecule has 6 heteroatoms. The largest absolute Gasteiger partial charge is 0.490 e. The zero-order valence-corrected chi connectivity index (χ0v) is 11.9. The molecule has 0 aromatic heterocycles. The fourth-order valence-electron chi connectivity index (χ4n) is 2.74. The summed E-state index contributed by atoms with van der Waals surface area (Å²) in [6, 6.07) is 5.74. The van der Waals surface area contributed by atoms with Gasteiger partial charge in [0.25, 0.3) is 0 Å². The highest BCUT2D eigenvalue weighted by atomic mass is 16.6. The third-order valence-electron chi connectivity index (χ3n) is 4.06. The van der Waals surface area contributed by atoms with Crippen LogP contribution in [0.4, 0.5) is 11.4 Å². The van der Waals surface area contributed by atoms with E-state index < -0.39 is 4.92 Å². The van der Waals surface area contributed by atoms with Crippen molar-refractivity contribution in [1.29, 1.82) is 0 Å². The van der Waals surface area contributed by atoms with E-state index in [4.69, 9.17) is 10.5 Å². The molecule has 0 unspecified atom stereocenters. The summed E-state index contributed by atoms with van der Waals surface area (Å²) >= 11 is 0. The van der Waals surface area contributed by atoms with Crippen molar-refractivity contribution in [2.75, 3.05) is 19.1 Å². The second kappa shape index (κ2) is 6.09. The quantitative estimate of drug-likeness (QED) is 0.675. The molecule has 0 atom stereocenters. The molecule has 110 valence electrons. The van der Waals surface area contributed by atoms with E-state index in [1.54, 1.807) is 12.1 Å². The lowest BCUT2D eigenvalue weighted by Gasteiger charge is -2.35. The summed E-state index contributed by atoms with van der Waals surface area (Å²) in [6.07, 6.45) is 4.16. The number of methoxy groups -OCH3 is 1. The van der Waals surface area contributed by atoms with Gasteiger partial charge in [0.1, 0.15) is 0 Å². The van der Waals surface area contributed by atoms with E-state index in [0.717, 1.165) is 31.4 Å². The molecule has 2 rings (SSSR count). The predicted molar refractivity (Wildman–Crippen MR) is 78.3 cm³/mol. The molecule has 0 radical (unpaired) electrons. The molecule has 0 aliphatic heterocycles. The lowest BCUT2D eigenvalue weighted by atomic mass is 9.91. The molecule has 6 nitrogen and oxygen atoms in total. The number of hydrogen-bond acceptors (Lipinski definition) is 5. The van der Waals surface area contributed by atoms with E-state index in [9.17, 15) is 10.1 Å². The Kier molecular flexibility index (Phi) is 4.44. The Bertz CT molecular complexity index is 485. The van der Waals surface area contributed by atoms with Crippen molar-refractivity contribution in [2.45, 2.75) is 37.8 Å². The van der Waals surface area contributed by atoms with Gasteiger partial charge in [0.05, 0.1) is 12.0 Å². The van der Waals surface area contributed by atoms with Crippen molar-refractivity contribution in [3.63, 3.8) is 0 Å². The van der Waals surface area contributed by atoms with Gasteiger partial charge >= 0.3 is 5.69 Å². The number of nitro groups is 1. The first-order chi connectivity index (χ1) is 9.52. The summed E-state index contributed by atoms with van der Waals surface area (Å²) in [5.74, 6) is 0.298. The lowest BCUT2D eigenvalue weighted by molar-refractivity contribution is -0.385. The van der Waals surface area contributed by atoms with Crippen LogP contribution in [0.1, 0.15) is 25.7 Å². The van der Waals surface area contributed by atoms with Crippen molar-refractivity contribution < 1.29 is 9.66 Å². The van der Waals surface area contributed by atoms with Crippen LogP contribution in [-0.2, 0) is 0 Å². The minimum atomic E-state index is -0.428. The maximum Gasteiger partial charge on any atom is 0.311 e. The number of nitro benzene ring substituents is 1. The van der Waals surface area contributed by atoms with Crippen molar-refractivity contribution in [3.8, 4) is 5.75 Å². The molecule has 0 heterocycles. The van der Waals surface area contributed by atoms with E-state index in [1.165, 1.54) is 13.2 Å². The maximum absolute atomic E-state index is 10.9. The molecule has 2 N–H and O–H groups in total. The van der Waals surface area contributed by atoms with E-state index in [0.29, 0.717) is 17.8 Å². The van der Waals surface area contributed by atoms with Crippen LogP contribution in [0, 0.1) is 10.1 Å². The van der Waals surface area contributed by atoms with Crippen LogP contribution >= 0.6 is 0 Å². The van der Waals surface area contributed by atoms with E-state index in [2.05, 4.69) is 4.90 Å². The molecule has 1 aliphatic rings. The molecule has 1 aromatic carbocycles. The Labute approximate surface area is 118 Å². The topological polar surface area (TPSA) is 81.6 Å². The average Bonchev–Trinajstić information content (AvgIpc) is 2.46. The second-order valence-electron chi connectivity index (χ2n) is 5.29. The molecule has 0 saturated heterocycles. The Morgan fingerprint density at radius 3 is 2.55 bits per heavy atom. The predicted octanol–water partition coefficient (Wildman–Crippen LogP) is 2.31. The molecule has 0 amide bonds. The van der Waals surface area contributed by atoms with Gasteiger partial charge in [0.15, 0.2) is 5.75 Å². The summed E-state index contributed by atoms with van der Waals surface area (Å²) < 4.78 is 5.11. The fraction of sp³-hybridized carbons (Fsp3) is 0.571. The van der Waals surface area contributed by atoms with E-state index in [-0.39, 0.29) is 5.69 Å². The highest BCUT2D eigenvalue weighted by Gasteiger charge is 2.24. The van der Waals surface area contributed by atoms with Gasteiger partial charge in [0.2, 0.25) is 0 Å². The second-order valence-corrected chi connectivity index (χ2v) is 5.29. The zero-order valence-electron chi connectivity index (χ0n) is 11.9. The van der Waals surface area contributed by atoms with E-state index >= 15 is 0 Å². The Hall–Kier alpha value is -1.82. The van der Waals surface area contributed by atoms with Crippen molar-refractivity contribution >= 4 is 11.4 Å². The molecule has 20 heavy (non-hydrogen) atoms. The smallest absolute Gasteiger partial charge is 0.311 e. The maximum atomic E-state index is 10.9. The van der Waals surface area contributed by atoms with Crippen molar-refractivity contribution in [3.05, 3.63) is 28.3 Å². The van der Waals surface area contributed by atoms with Gasteiger partial charge in [0, 0.05) is 37.0 Å². The standard InChI is InChI=1S/C14H21N3O3/c1-16(11-5-3-10(15)4-6-11)12-7-8-13(17(18)19)14(9-12)20-2/h7-11H,3-6,15H2,1-2H3. The minimum Gasteiger partial charge on any atom is -0.490 e. The summed E-state index contributed by atoms with van der Waals surface area (Å²) in [4.78, 5) is 12.6. The third kappa shape index (κ3) is 3.01. The van der Waals surface area contributed by atoms with Crippen LogP contribution in [0.25, 0.3) is 0 Å². The van der Waals surface area contributed by atoms with Crippen LogP contribution in [0.15, 0.2) is 18.2 Å². The number of anilines is 1. The first-order valence-electron chi connectivity index (χ1n) is 6.83. The summed E-state index contributed by atoms with van der Waals surface area (Å²) in [5, 5.41) is 10.9. The van der Waals surface area contributed by atoms with Gasteiger partial charge in [-0.3, -0.25) is 10.1 Å². The normalized spacial score (nSPS) is 22.4. The first-order valence-corrected chi connectivity index (χ1v) is 6.83. The molecular weight excluding hydrogens is 258 g/mol. The molecule has 0 bridgehead atoms. The molecule has 1 aromatic rings. The van der Waals surface area contributed by atoms with Crippen molar-refractivity contribution in [2.24, 2.45) is 5.73 Å². The molecule has 1 saturated carbocycles. The van der Waals surface area contributed by atoms with Gasteiger partial charge in [-0.15, -0.1) is 0 Å². The minimum absolute atomic E-state index is 0.00434. The molecule has 1 fully saturated rings. The third-order valence-corrected chi connectivity index (χ3v) is 4.06. The Balaban J connectivity index is 2.18. The SMILES string of the molecule is COc1cc(N(C)C2CCC(N)CC2)ccc1[N+](=O)[O-]. The van der Waals surface area contributed by atoms with Gasteiger partial charge in [-0.05, 0) is 31.7 Å². The molecule has 0 spiro atoms. The average molecular weight is 279 g/mol. The lowest BCUT2D eigenvalue weighted by Crippen LogP contribution is -2.38. The Morgan fingerprint density at radius 2 is 2.00 bits per heavy atom. The molecule has 1 aliphatic carbocycles. The van der Waals surface area contributed by atoms with Gasteiger partial charge in [-0.2, -0.15) is 0 Å². The summed E-state index contributed by atoms with van der Waals surface area (Å²) in [7, 11) is 3.47. The number of benzene rings is 1. The summed E-state index contributed by atoms with van der Waals surface area (Å²) in [5.41, 5.74) is 6.85. The number of nitrogens with zero attached hydrogens (tertiary/aromatic N) is 2. The highest BCUT2D eigenvalue weighted by molar-refractivity contribution is 5.59. The van der Waals surface area contributed by atoms with Crippen LogP contribution in [0.3, 0.4) is 0 Å². The number of ether oxygens (including phenoxy) is 1. The van der Waals surface area contributed by atoms with Crippen LogP contribution in [0.2, 0.25) is 0 Å². The van der Waals surface area contributed by atoms with Crippen LogP contribution < -0.4 is 15.4 Å². The molecular formula is C14H21N3O3. The number of rotatable bonds is 4. The Morgan fingerprint density at radius 1 is 1.35 bits per heavy atom. The fourth-order valence-corrected chi connectivity index (χ4v) is 2.74. The van der Waals surface area contributed by atoms with Crippen molar-refractivity contribution in [1.82, 2.24) is 0 Å². The number of hydrogen-bond donors (Lipinski definition) is 1. The first kappa shape index (κ1) is 14.6. The van der Waals surface area contributed by atoms with Gasteiger partial charge in [-0.1, -0.05) is 0 Å². The number of nitrogens with two attached hydrogens (primary N) is 1. The van der Waals surface area contributed by atoms with Gasteiger partial charge < -0.3 is 15.4 Å².